The molecule has 3 rings (SSSR count). The van der Waals surface area contributed by atoms with Crippen LogP contribution in [0.25, 0.3) is 0 Å². The number of carbonyl (C=O) groups is 1. The van der Waals surface area contributed by atoms with Crippen molar-refractivity contribution in [3.8, 4) is 0 Å². The second-order valence-corrected chi connectivity index (χ2v) is 7.43. The summed E-state index contributed by atoms with van der Waals surface area (Å²) in [6, 6.07) is 11.5. The van der Waals surface area contributed by atoms with Crippen molar-refractivity contribution in [2.24, 2.45) is 0 Å². The Kier molecular flexibility index (Phi) is 5.56. The van der Waals surface area contributed by atoms with Crippen LogP contribution in [0.5, 0.6) is 0 Å². The van der Waals surface area contributed by atoms with Crippen LogP contribution < -0.4 is 0 Å². The number of aromatic nitrogens is 3. The molecule has 0 spiro atoms. The molecule has 1 aromatic carbocycles. The minimum Gasteiger partial charge on any atom is -0.320 e. The van der Waals surface area contributed by atoms with Crippen molar-refractivity contribution in [1.82, 2.24) is 14.5 Å². The Labute approximate surface area is 156 Å². The molecule has 0 aliphatic rings. The van der Waals surface area contributed by atoms with Gasteiger partial charge in [-0.05, 0) is 41.8 Å². The predicted octanol–water partition coefficient (Wildman–Crippen LogP) is 5.07. The number of halogens is 1. The van der Waals surface area contributed by atoms with Crippen LogP contribution in [0.4, 0.5) is 0 Å². The topological polar surface area (TPSA) is 47.8 Å². The molecule has 0 amide bonds. The van der Waals surface area contributed by atoms with Gasteiger partial charge in [-0.15, -0.1) is 0 Å². The summed E-state index contributed by atoms with van der Waals surface area (Å²) in [7, 11) is 0. The molecule has 0 aliphatic heterocycles. The first kappa shape index (κ1) is 17.7. The van der Waals surface area contributed by atoms with Crippen LogP contribution >= 0.6 is 23.4 Å². The van der Waals surface area contributed by atoms with E-state index in [-0.39, 0.29) is 5.92 Å². The summed E-state index contributed by atoms with van der Waals surface area (Å²) in [5.41, 5.74) is 2.13. The second-order valence-electron chi connectivity index (χ2n) is 5.93. The highest BCUT2D eigenvalue weighted by molar-refractivity contribution is 7.99. The van der Waals surface area contributed by atoms with Gasteiger partial charge in [-0.2, -0.15) is 0 Å². The fourth-order valence-electron chi connectivity index (χ4n) is 2.66. The number of carbonyl (C=O) groups excluding carboxylic acids is 1. The molecule has 2 aromatic heterocycles. The number of aldehydes is 1. The fraction of sp³-hybridized carbons (Fsp3) is 0.211. The zero-order valence-electron chi connectivity index (χ0n) is 14.0. The monoisotopic (exact) mass is 371 g/mol. The molecule has 0 fully saturated rings. The number of nitrogens with zero attached hydrogens (tertiary/aromatic N) is 3. The number of imidazole rings is 1. The summed E-state index contributed by atoms with van der Waals surface area (Å²) < 4.78 is 1.99. The Bertz CT molecular complexity index is 878. The van der Waals surface area contributed by atoms with Crippen molar-refractivity contribution in [3.05, 3.63) is 70.9 Å². The minimum atomic E-state index is 0.227. The molecule has 128 valence electrons. The van der Waals surface area contributed by atoms with Crippen molar-refractivity contribution in [2.45, 2.75) is 36.2 Å². The Morgan fingerprint density at radius 3 is 2.64 bits per heavy atom. The lowest BCUT2D eigenvalue weighted by Gasteiger charge is -2.14. The van der Waals surface area contributed by atoms with Gasteiger partial charge in [0.2, 0.25) is 0 Å². The lowest BCUT2D eigenvalue weighted by Crippen LogP contribution is -2.09. The molecule has 3 aromatic rings. The molecular formula is C19H18ClN3OS. The van der Waals surface area contributed by atoms with Gasteiger partial charge in [-0.25, -0.2) is 4.98 Å². The highest BCUT2D eigenvalue weighted by Crippen LogP contribution is 2.35. The normalized spacial score (nSPS) is 11.0. The minimum absolute atomic E-state index is 0.227. The van der Waals surface area contributed by atoms with Gasteiger partial charge in [0.15, 0.2) is 12.1 Å². The number of hydrogen-bond donors (Lipinski definition) is 0. The number of pyridine rings is 1. The molecule has 25 heavy (non-hydrogen) atoms. The first-order chi connectivity index (χ1) is 12.1. The van der Waals surface area contributed by atoms with Gasteiger partial charge in [0.25, 0.3) is 0 Å². The molecule has 0 unspecified atom stereocenters. The van der Waals surface area contributed by atoms with E-state index in [0.29, 0.717) is 17.4 Å². The molecular weight excluding hydrogens is 354 g/mol. The summed E-state index contributed by atoms with van der Waals surface area (Å²) >= 11 is 7.61. The lowest BCUT2D eigenvalue weighted by atomic mass is 10.1. The number of rotatable bonds is 6. The van der Waals surface area contributed by atoms with E-state index < -0.39 is 0 Å². The predicted molar refractivity (Wildman–Crippen MR) is 101 cm³/mol. The SMILES string of the molecule is CC(C)c1c(Sc2cccc(Cl)c2)nc(C=O)n1Cc1ccncc1. The van der Waals surface area contributed by atoms with E-state index in [1.54, 1.807) is 12.4 Å². The molecule has 2 heterocycles. The summed E-state index contributed by atoms with van der Waals surface area (Å²) in [4.78, 5) is 21.2. The van der Waals surface area contributed by atoms with Crippen LogP contribution in [0, 0.1) is 0 Å². The van der Waals surface area contributed by atoms with Crippen molar-refractivity contribution in [2.75, 3.05) is 0 Å². The first-order valence-electron chi connectivity index (χ1n) is 7.96. The largest absolute Gasteiger partial charge is 0.320 e. The van der Waals surface area contributed by atoms with Crippen LogP contribution in [0.1, 0.15) is 41.6 Å². The van der Waals surface area contributed by atoms with Crippen LogP contribution in [0.15, 0.2) is 58.7 Å². The van der Waals surface area contributed by atoms with E-state index in [9.17, 15) is 4.79 Å². The van der Waals surface area contributed by atoms with E-state index in [1.807, 2.05) is 41.0 Å². The van der Waals surface area contributed by atoms with Crippen LogP contribution in [-0.2, 0) is 6.54 Å². The molecule has 0 aliphatic carbocycles. The van der Waals surface area contributed by atoms with E-state index >= 15 is 0 Å². The molecule has 0 radical (unpaired) electrons. The zero-order chi connectivity index (χ0) is 17.8. The molecule has 0 N–H and O–H groups in total. The highest BCUT2D eigenvalue weighted by Gasteiger charge is 2.20. The maximum Gasteiger partial charge on any atom is 0.185 e. The van der Waals surface area contributed by atoms with Gasteiger partial charge in [0, 0.05) is 28.9 Å². The molecule has 0 saturated carbocycles. The van der Waals surface area contributed by atoms with Crippen molar-refractivity contribution in [3.63, 3.8) is 0 Å². The molecule has 4 nitrogen and oxygen atoms in total. The maximum atomic E-state index is 11.6. The Morgan fingerprint density at radius 1 is 1.24 bits per heavy atom. The third-order valence-corrected chi connectivity index (χ3v) is 4.97. The first-order valence-corrected chi connectivity index (χ1v) is 9.16. The highest BCUT2D eigenvalue weighted by atomic mass is 35.5. The zero-order valence-corrected chi connectivity index (χ0v) is 15.6. The van der Waals surface area contributed by atoms with Gasteiger partial charge >= 0.3 is 0 Å². The Morgan fingerprint density at radius 2 is 2.00 bits per heavy atom. The number of benzene rings is 1. The van der Waals surface area contributed by atoms with E-state index in [1.165, 1.54) is 11.8 Å². The van der Waals surface area contributed by atoms with Gasteiger partial charge in [0.1, 0.15) is 5.03 Å². The summed E-state index contributed by atoms with van der Waals surface area (Å²) in [5.74, 6) is 0.662. The summed E-state index contributed by atoms with van der Waals surface area (Å²) in [6.07, 6.45) is 4.32. The van der Waals surface area contributed by atoms with Gasteiger partial charge in [0.05, 0.1) is 5.69 Å². The van der Waals surface area contributed by atoms with Crippen LogP contribution in [0.2, 0.25) is 5.02 Å². The Hall–Kier alpha value is -2.11. The van der Waals surface area contributed by atoms with Gasteiger partial charge in [-0.1, -0.05) is 43.3 Å². The smallest absolute Gasteiger partial charge is 0.185 e. The molecule has 0 atom stereocenters. The molecule has 0 bridgehead atoms. The van der Waals surface area contributed by atoms with Gasteiger partial charge in [-0.3, -0.25) is 9.78 Å². The van der Waals surface area contributed by atoms with Crippen molar-refractivity contribution < 1.29 is 4.79 Å². The standard InChI is InChI=1S/C19H18ClN3OS/c1-13(2)18-19(25-16-5-3-4-15(20)10-16)22-17(12-24)23(18)11-14-6-8-21-9-7-14/h3-10,12-13H,11H2,1-2H3. The van der Waals surface area contributed by atoms with Crippen LogP contribution in [0.3, 0.4) is 0 Å². The summed E-state index contributed by atoms with van der Waals surface area (Å²) in [6.45, 7) is 4.81. The third-order valence-electron chi connectivity index (χ3n) is 3.76. The Balaban J connectivity index is 2.02. The number of hydrogen-bond acceptors (Lipinski definition) is 4. The van der Waals surface area contributed by atoms with E-state index in [4.69, 9.17) is 11.6 Å². The average Bonchev–Trinajstić information content (AvgIpc) is 2.93. The fourth-order valence-corrected chi connectivity index (χ4v) is 4.06. The molecule has 6 heteroatoms. The van der Waals surface area contributed by atoms with E-state index in [2.05, 4.69) is 23.8 Å². The van der Waals surface area contributed by atoms with Gasteiger partial charge < -0.3 is 4.57 Å². The van der Waals surface area contributed by atoms with E-state index in [0.717, 1.165) is 27.5 Å². The van der Waals surface area contributed by atoms with Crippen LogP contribution in [-0.4, -0.2) is 20.8 Å². The second kappa shape index (κ2) is 7.85. The molecule has 0 saturated heterocycles. The maximum absolute atomic E-state index is 11.6. The van der Waals surface area contributed by atoms with Crippen molar-refractivity contribution >= 4 is 29.6 Å². The van der Waals surface area contributed by atoms with Crippen molar-refractivity contribution in [1.29, 1.82) is 0 Å². The third kappa shape index (κ3) is 4.11. The average molecular weight is 372 g/mol. The summed E-state index contributed by atoms with van der Waals surface area (Å²) in [5, 5.41) is 1.52. The lowest BCUT2D eigenvalue weighted by molar-refractivity contribution is 0.111. The quantitative estimate of drug-likeness (QED) is 0.568.